The topological polar surface area (TPSA) is 84.0 Å². The van der Waals surface area contributed by atoms with Crippen LogP contribution in [0.25, 0.3) is 0 Å². The van der Waals surface area contributed by atoms with Gasteiger partial charge in [-0.05, 0) is 37.5 Å². The van der Waals surface area contributed by atoms with Crippen molar-refractivity contribution in [2.75, 3.05) is 37.1 Å². The average Bonchev–Trinajstić information content (AvgIpc) is 3.30. The van der Waals surface area contributed by atoms with Crippen molar-refractivity contribution in [3.8, 4) is 0 Å². The van der Waals surface area contributed by atoms with Crippen molar-refractivity contribution in [2.45, 2.75) is 44.2 Å². The van der Waals surface area contributed by atoms with Crippen molar-refractivity contribution in [3.63, 3.8) is 0 Å². The second kappa shape index (κ2) is 8.51. The van der Waals surface area contributed by atoms with Crippen molar-refractivity contribution in [1.82, 2.24) is 4.90 Å². The molecule has 0 spiro atoms. The smallest absolute Gasteiger partial charge is 0.338 e. The van der Waals surface area contributed by atoms with Crippen LogP contribution in [-0.4, -0.2) is 69.5 Å². The maximum atomic E-state index is 12.9. The van der Waals surface area contributed by atoms with Gasteiger partial charge in [-0.15, -0.1) is 0 Å². The summed E-state index contributed by atoms with van der Waals surface area (Å²) >= 11 is 0. The van der Waals surface area contributed by atoms with Gasteiger partial charge in [0.15, 0.2) is 16.4 Å². The highest BCUT2D eigenvalue weighted by molar-refractivity contribution is 7.91. The molecule has 0 bridgehead atoms. The maximum absolute atomic E-state index is 12.9. The third-order valence-corrected chi connectivity index (χ3v) is 7.28. The molecule has 0 N–H and O–H groups in total. The number of ether oxygens (including phenoxy) is 1. The van der Waals surface area contributed by atoms with E-state index >= 15 is 0 Å². The number of benzene rings is 1. The zero-order valence-electron chi connectivity index (χ0n) is 16.5. The third kappa shape index (κ3) is 4.84. The van der Waals surface area contributed by atoms with Crippen LogP contribution >= 0.6 is 0 Å². The second-order valence-electron chi connectivity index (χ2n) is 7.82. The summed E-state index contributed by atoms with van der Waals surface area (Å²) in [6.07, 6.45) is 4.28. The predicted molar refractivity (Wildman–Crippen MR) is 107 cm³/mol. The molecule has 7 nitrogen and oxygen atoms in total. The summed E-state index contributed by atoms with van der Waals surface area (Å²) in [7, 11) is 0.659. The van der Waals surface area contributed by atoms with E-state index in [0.29, 0.717) is 12.0 Å². The van der Waals surface area contributed by atoms with Crippen LogP contribution in [0.3, 0.4) is 0 Å². The molecular weight excluding hydrogens is 380 g/mol. The monoisotopic (exact) mass is 408 g/mol. The number of amides is 1. The third-order valence-electron chi connectivity index (χ3n) is 5.53. The molecule has 154 valence electrons. The van der Waals surface area contributed by atoms with E-state index in [1.165, 1.54) is 0 Å². The Morgan fingerprint density at radius 1 is 1.11 bits per heavy atom. The molecule has 1 aliphatic carbocycles. The molecule has 1 saturated heterocycles. The summed E-state index contributed by atoms with van der Waals surface area (Å²) in [4.78, 5) is 28.8. The van der Waals surface area contributed by atoms with Crippen molar-refractivity contribution in [3.05, 3.63) is 29.8 Å². The van der Waals surface area contributed by atoms with Crippen LogP contribution in [0.2, 0.25) is 0 Å². The first-order valence-corrected chi connectivity index (χ1v) is 11.5. The van der Waals surface area contributed by atoms with Crippen LogP contribution in [0.5, 0.6) is 0 Å². The number of hydrogen-bond acceptors (Lipinski definition) is 6. The lowest BCUT2D eigenvalue weighted by Gasteiger charge is -2.33. The predicted octanol–water partition coefficient (Wildman–Crippen LogP) is 1.87. The molecule has 1 aromatic carbocycles. The van der Waals surface area contributed by atoms with Gasteiger partial charge in [-0.25, -0.2) is 13.2 Å². The molecule has 0 aromatic heterocycles. The Balaban J connectivity index is 1.66. The fraction of sp³-hybridized carbons (Fsp3) is 0.600. The van der Waals surface area contributed by atoms with E-state index < -0.39 is 15.8 Å². The Labute approximate surface area is 166 Å². The fourth-order valence-electron chi connectivity index (χ4n) is 4.08. The highest BCUT2D eigenvalue weighted by atomic mass is 32.2. The molecule has 8 heteroatoms. The Kier molecular flexibility index (Phi) is 6.27. The zero-order chi connectivity index (χ0) is 20.3. The second-order valence-corrected chi connectivity index (χ2v) is 10.0. The van der Waals surface area contributed by atoms with Crippen LogP contribution in [0.4, 0.5) is 5.69 Å². The van der Waals surface area contributed by atoms with Crippen molar-refractivity contribution in [1.29, 1.82) is 0 Å². The van der Waals surface area contributed by atoms with Crippen molar-refractivity contribution < 1.29 is 22.7 Å². The standard InChI is InChI=1S/C20H28N2O5S/c1-21(2)17-9-5-6-15(12-17)20(24)27-13-19(23)22(16-7-3-4-8-16)18-10-11-28(25,26)14-18/h5-6,9,12,16,18H,3-4,7-8,10-11,13-14H2,1-2H3/t18-/m0/s1. The summed E-state index contributed by atoms with van der Waals surface area (Å²) in [5, 5.41) is 0. The minimum absolute atomic E-state index is 0.00800. The van der Waals surface area contributed by atoms with Gasteiger partial charge < -0.3 is 14.5 Å². The van der Waals surface area contributed by atoms with Gasteiger partial charge in [-0.3, -0.25) is 4.79 Å². The van der Waals surface area contributed by atoms with Crippen LogP contribution in [0.15, 0.2) is 24.3 Å². The van der Waals surface area contributed by atoms with Crippen LogP contribution < -0.4 is 4.90 Å². The molecule has 2 aliphatic rings. The molecule has 1 aliphatic heterocycles. The first kappa shape index (κ1) is 20.6. The van der Waals surface area contributed by atoms with Gasteiger partial charge in [0.25, 0.3) is 5.91 Å². The summed E-state index contributed by atoms with van der Waals surface area (Å²) in [5.74, 6) is -0.729. The van der Waals surface area contributed by atoms with Gasteiger partial charge in [0, 0.05) is 31.9 Å². The van der Waals surface area contributed by atoms with E-state index in [2.05, 4.69) is 0 Å². The minimum Gasteiger partial charge on any atom is -0.452 e. The number of carbonyl (C=O) groups excluding carboxylic acids is 2. The summed E-state index contributed by atoms with van der Waals surface area (Å²) in [6.45, 7) is -0.363. The van der Waals surface area contributed by atoms with Gasteiger partial charge in [-0.2, -0.15) is 0 Å². The van der Waals surface area contributed by atoms with E-state index in [1.807, 2.05) is 25.1 Å². The number of sulfone groups is 1. The molecule has 1 aromatic rings. The highest BCUT2D eigenvalue weighted by Gasteiger charge is 2.39. The SMILES string of the molecule is CN(C)c1cccc(C(=O)OCC(=O)N(C2CCCC2)[C@H]2CCS(=O)(=O)C2)c1. The first-order valence-electron chi connectivity index (χ1n) is 9.73. The summed E-state index contributed by atoms with van der Waals surface area (Å²) < 4.78 is 29.1. The number of rotatable bonds is 6. The van der Waals surface area contributed by atoms with E-state index in [0.717, 1.165) is 31.4 Å². The van der Waals surface area contributed by atoms with Crippen molar-refractivity contribution >= 4 is 27.4 Å². The lowest BCUT2D eigenvalue weighted by atomic mass is 10.1. The van der Waals surface area contributed by atoms with Gasteiger partial charge in [0.1, 0.15) is 0 Å². The molecular formula is C20H28N2O5S. The normalized spacial score (nSPS) is 21.4. The van der Waals surface area contributed by atoms with Gasteiger partial charge in [0.2, 0.25) is 0 Å². The Morgan fingerprint density at radius 3 is 2.43 bits per heavy atom. The lowest BCUT2D eigenvalue weighted by Crippen LogP contribution is -2.48. The quantitative estimate of drug-likeness (QED) is 0.668. The summed E-state index contributed by atoms with van der Waals surface area (Å²) in [6, 6.07) is 6.74. The van der Waals surface area contributed by atoms with Crippen LogP contribution in [0, 0.1) is 0 Å². The first-order chi connectivity index (χ1) is 13.3. The Morgan fingerprint density at radius 2 is 1.82 bits per heavy atom. The molecule has 1 amide bonds. The highest BCUT2D eigenvalue weighted by Crippen LogP contribution is 2.29. The molecule has 3 rings (SSSR count). The zero-order valence-corrected chi connectivity index (χ0v) is 17.3. The van der Waals surface area contributed by atoms with Crippen LogP contribution in [0.1, 0.15) is 42.5 Å². The minimum atomic E-state index is -3.10. The average molecular weight is 409 g/mol. The molecule has 2 fully saturated rings. The molecule has 0 unspecified atom stereocenters. The number of carbonyl (C=O) groups is 2. The largest absolute Gasteiger partial charge is 0.452 e. The molecule has 1 atom stereocenters. The lowest BCUT2D eigenvalue weighted by molar-refractivity contribution is -0.139. The summed E-state index contributed by atoms with van der Waals surface area (Å²) in [5.41, 5.74) is 1.25. The Bertz CT molecular complexity index is 831. The van der Waals surface area contributed by atoms with Gasteiger partial charge in [-0.1, -0.05) is 18.9 Å². The molecule has 0 radical (unpaired) electrons. The van der Waals surface area contributed by atoms with E-state index in [9.17, 15) is 18.0 Å². The van der Waals surface area contributed by atoms with Gasteiger partial charge in [0.05, 0.1) is 17.1 Å². The number of hydrogen-bond donors (Lipinski definition) is 0. The Hall–Kier alpha value is -2.09. The van der Waals surface area contributed by atoms with E-state index in [4.69, 9.17) is 4.74 Å². The molecule has 28 heavy (non-hydrogen) atoms. The number of esters is 1. The maximum Gasteiger partial charge on any atom is 0.338 e. The molecule has 1 heterocycles. The fourth-order valence-corrected chi connectivity index (χ4v) is 5.79. The number of anilines is 1. The van der Waals surface area contributed by atoms with E-state index in [-0.39, 0.29) is 36.1 Å². The number of nitrogens with zero attached hydrogens (tertiary/aromatic N) is 2. The van der Waals surface area contributed by atoms with Crippen molar-refractivity contribution in [2.24, 2.45) is 0 Å². The van der Waals surface area contributed by atoms with E-state index in [1.54, 1.807) is 23.1 Å². The van der Waals surface area contributed by atoms with Gasteiger partial charge >= 0.3 is 5.97 Å². The molecule has 1 saturated carbocycles. The van der Waals surface area contributed by atoms with Crippen LogP contribution in [-0.2, 0) is 19.4 Å².